The molecular weight excluding hydrogens is 490 g/mol. The molecule has 0 fully saturated rings. The van der Waals surface area contributed by atoms with Gasteiger partial charge in [-0.2, -0.15) is 0 Å². The van der Waals surface area contributed by atoms with E-state index in [9.17, 15) is 4.79 Å². The lowest BCUT2D eigenvalue weighted by Crippen LogP contribution is -2.41. The van der Waals surface area contributed by atoms with E-state index in [4.69, 9.17) is 14.2 Å². The molecule has 9 nitrogen and oxygen atoms in total. The number of hydrogen-bond acceptors (Lipinski definition) is 9. The van der Waals surface area contributed by atoms with Gasteiger partial charge in [-0.1, -0.05) is 0 Å². The Bertz CT molecular complexity index is 1300. The van der Waals surface area contributed by atoms with Crippen LogP contribution < -0.4 is 10.1 Å². The largest absolute Gasteiger partial charge is 0.492 e. The molecule has 1 N–H and O–H groups in total. The summed E-state index contributed by atoms with van der Waals surface area (Å²) in [5, 5.41) is 4.57. The zero-order valence-electron chi connectivity index (χ0n) is 21.6. The standard InChI is InChI=1S/C27H33N5O4S/c1-4-36-22-12-19-15-28-14-18(19)11-21(22)31-25-24-20-6-5-17(13-23(20)37-26(24)30-16-29-25)27(33)32(7-9-34-2)8-10-35-3/h11-12,14,16-17H,4-10,13,15H2,1-3H3,(H,29,30,31). The summed E-state index contributed by atoms with van der Waals surface area (Å²) in [5.41, 5.74) is 4.37. The first-order chi connectivity index (χ1) is 18.1. The number of carbonyl (C=O) groups is 1. The summed E-state index contributed by atoms with van der Waals surface area (Å²) >= 11 is 1.66. The topological polar surface area (TPSA) is 98.2 Å². The summed E-state index contributed by atoms with van der Waals surface area (Å²) in [5.74, 6) is 1.67. The Morgan fingerprint density at radius 2 is 2.00 bits per heavy atom. The van der Waals surface area contributed by atoms with Crippen LogP contribution in [-0.4, -0.2) is 74.1 Å². The van der Waals surface area contributed by atoms with Crippen LogP contribution in [0.5, 0.6) is 5.75 Å². The van der Waals surface area contributed by atoms with E-state index in [0.717, 1.165) is 51.4 Å². The predicted octanol–water partition coefficient (Wildman–Crippen LogP) is 3.99. The van der Waals surface area contributed by atoms with E-state index in [1.807, 2.05) is 18.0 Å². The smallest absolute Gasteiger partial charge is 0.226 e. The highest BCUT2D eigenvalue weighted by molar-refractivity contribution is 7.19. The third kappa shape index (κ3) is 5.32. The van der Waals surface area contributed by atoms with E-state index >= 15 is 0 Å². The Kier molecular flexibility index (Phi) is 7.97. The lowest BCUT2D eigenvalue weighted by atomic mass is 9.86. The third-order valence-electron chi connectivity index (χ3n) is 6.92. The summed E-state index contributed by atoms with van der Waals surface area (Å²) in [6.45, 7) is 5.40. The number of thiophene rings is 1. The molecule has 0 saturated heterocycles. The van der Waals surface area contributed by atoms with Crippen molar-refractivity contribution in [2.45, 2.75) is 32.7 Å². The molecule has 2 aliphatic rings. The molecule has 1 aliphatic carbocycles. The van der Waals surface area contributed by atoms with Crippen molar-refractivity contribution in [3.8, 4) is 5.75 Å². The maximum Gasteiger partial charge on any atom is 0.226 e. The summed E-state index contributed by atoms with van der Waals surface area (Å²) in [6.07, 6.45) is 5.82. The van der Waals surface area contributed by atoms with Crippen LogP contribution in [0.25, 0.3) is 10.2 Å². The number of benzene rings is 1. The molecule has 0 bridgehead atoms. The van der Waals surface area contributed by atoms with Gasteiger partial charge in [0.15, 0.2) is 0 Å². The fourth-order valence-corrected chi connectivity index (χ4v) is 6.31. The van der Waals surface area contributed by atoms with Gasteiger partial charge in [0.2, 0.25) is 5.91 Å². The average Bonchev–Trinajstić information content (AvgIpc) is 3.52. The average molecular weight is 524 g/mol. The minimum absolute atomic E-state index is 0.0563. The lowest BCUT2D eigenvalue weighted by Gasteiger charge is -2.29. The number of ether oxygens (including phenoxy) is 3. The van der Waals surface area contributed by atoms with Crippen molar-refractivity contribution in [3.63, 3.8) is 0 Å². The number of rotatable bonds is 11. The Hall–Kier alpha value is -3.08. The second-order valence-corrected chi connectivity index (χ2v) is 10.3. The van der Waals surface area contributed by atoms with Crippen molar-refractivity contribution in [1.82, 2.24) is 14.9 Å². The van der Waals surface area contributed by atoms with Gasteiger partial charge in [-0.15, -0.1) is 11.3 Å². The molecule has 0 spiro atoms. The number of aryl methyl sites for hydroxylation is 1. The van der Waals surface area contributed by atoms with Crippen LogP contribution in [0.3, 0.4) is 0 Å². The molecule has 196 valence electrons. The van der Waals surface area contributed by atoms with Crippen molar-refractivity contribution in [2.75, 3.05) is 52.4 Å². The molecule has 1 aromatic carbocycles. The molecule has 37 heavy (non-hydrogen) atoms. The Labute approximate surface area is 220 Å². The Morgan fingerprint density at radius 1 is 1.19 bits per heavy atom. The number of hydrogen-bond donors (Lipinski definition) is 1. The van der Waals surface area contributed by atoms with Crippen LogP contribution in [0, 0.1) is 5.92 Å². The number of nitrogens with one attached hydrogen (secondary N) is 1. The van der Waals surface area contributed by atoms with Crippen molar-refractivity contribution >= 4 is 45.2 Å². The highest BCUT2D eigenvalue weighted by atomic mass is 32.1. The zero-order chi connectivity index (χ0) is 25.8. The van der Waals surface area contributed by atoms with Crippen molar-refractivity contribution < 1.29 is 19.0 Å². The fraction of sp³-hybridized carbons (Fsp3) is 0.481. The Balaban J connectivity index is 1.41. The van der Waals surface area contributed by atoms with Gasteiger partial charge in [-0.3, -0.25) is 9.79 Å². The number of nitrogens with zero attached hydrogens (tertiary/aromatic N) is 4. The SMILES string of the molecule is CCOc1cc2c(cc1Nc1ncnc3sc4c(c13)CCC(C(=O)N(CCOC)CCOC)C4)C=NC2. The molecule has 2 aromatic heterocycles. The second kappa shape index (κ2) is 11.5. The second-order valence-electron chi connectivity index (χ2n) is 9.23. The monoisotopic (exact) mass is 523 g/mol. The number of methoxy groups -OCH3 is 2. The molecule has 1 atom stereocenters. The summed E-state index contributed by atoms with van der Waals surface area (Å²) in [4.78, 5) is 31.0. The molecule has 3 aromatic rings. The predicted molar refractivity (Wildman–Crippen MR) is 145 cm³/mol. The van der Waals surface area contributed by atoms with Gasteiger partial charge in [-0.05, 0) is 55.0 Å². The van der Waals surface area contributed by atoms with Gasteiger partial charge in [0, 0.05) is 44.3 Å². The van der Waals surface area contributed by atoms with E-state index in [0.29, 0.717) is 45.9 Å². The Morgan fingerprint density at radius 3 is 2.76 bits per heavy atom. The number of aromatic nitrogens is 2. The van der Waals surface area contributed by atoms with Gasteiger partial charge in [0.1, 0.15) is 22.7 Å². The van der Waals surface area contributed by atoms with E-state index in [1.54, 1.807) is 31.9 Å². The van der Waals surface area contributed by atoms with E-state index in [2.05, 4.69) is 32.4 Å². The molecular formula is C27H33N5O4S. The van der Waals surface area contributed by atoms with E-state index in [-0.39, 0.29) is 11.8 Å². The van der Waals surface area contributed by atoms with Gasteiger partial charge in [-0.25, -0.2) is 9.97 Å². The van der Waals surface area contributed by atoms with Crippen LogP contribution in [0.4, 0.5) is 11.5 Å². The number of carbonyl (C=O) groups excluding carboxylic acids is 1. The number of fused-ring (bicyclic) bond motifs is 4. The summed E-state index contributed by atoms with van der Waals surface area (Å²) < 4.78 is 16.4. The maximum absolute atomic E-state index is 13.4. The molecule has 0 radical (unpaired) electrons. The number of amides is 1. The van der Waals surface area contributed by atoms with Crippen LogP contribution >= 0.6 is 11.3 Å². The number of anilines is 2. The maximum atomic E-state index is 13.4. The first-order valence-corrected chi connectivity index (χ1v) is 13.5. The van der Waals surface area contributed by atoms with Gasteiger partial charge in [0.05, 0.1) is 37.4 Å². The van der Waals surface area contributed by atoms with E-state index < -0.39 is 0 Å². The minimum atomic E-state index is -0.0563. The van der Waals surface area contributed by atoms with Gasteiger partial charge < -0.3 is 24.4 Å². The van der Waals surface area contributed by atoms with Crippen LogP contribution in [0.1, 0.15) is 34.9 Å². The highest BCUT2D eigenvalue weighted by Gasteiger charge is 2.31. The van der Waals surface area contributed by atoms with Gasteiger partial charge >= 0.3 is 0 Å². The third-order valence-corrected chi connectivity index (χ3v) is 8.09. The van der Waals surface area contributed by atoms with Crippen LogP contribution in [0.2, 0.25) is 0 Å². The molecule has 1 amide bonds. The highest BCUT2D eigenvalue weighted by Crippen LogP contribution is 2.42. The van der Waals surface area contributed by atoms with Crippen molar-refractivity contribution in [3.05, 3.63) is 40.0 Å². The van der Waals surface area contributed by atoms with Crippen molar-refractivity contribution in [1.29, 1.82) is 0 Å². The normalized spacial score (nSPS) is 16.0. The minimum Gasteiger partial charge on any atom is -0.492 e. The molecule has 3 heterocycles. The van der Waals surface area contributed by atoms with Crippen LogP contribution in [-0.2, 0) is 33.7 Å². The summed E-state index contributed by atoms with van der Waals surface area (Å²) in [6, 6.07) is 4.14. The van der Waals surface area contributed by atoms with Crippen LogP contribution in [0.15, 0.2) is 23.5 Å². The summed E-state index contributed by atoms with van der Waals surface area (Å²) in [7, 11) is 3.31. The van der Waals surface area contributed by atoms with E-state index in [1.165, 1.54) is 10.4 Å². The zero-order valence-corrected chi connectivity index (χ0v) is 22.4. The van der Waals surface area contributed by atoms with Gasteiger partial charge in [0.25, 0.3) is 0 Å². The molecule has 1 aliphatic heterocycles. The molecule has 10 heteroatoms. The van der Waals surface area contributed by atoms with Crippen molar-refractivity contribution in [2.24, 2.45) is 10.9 Å². The molecule has 5 rings (SSSR count). The quantitative estimate of drug-likeness (QED) is 0.406. The number of aliphatic imine (C=N–C) groups is 1. The fourth-order valence-electron chi connectivity index (χ4n) is 5.05. The molecule has 0 saturated carbocycles. The first kappa shape index (κ1) is 25.6. The molecule has 1 unspecified atom stereocenters. The first-order valence-electron chi connectivity index (χ1n) is 12.7. The lowest BCUT2D eigenvalue weighted by molar-refractivity contribution is -0.137.